The van der Waals surface area contributed by atoms with Gasteiger partial charge in [0.1, 0.15) is 0 Å². The molecule has 7 heteroatoms. The molecule has 1 aromatic carbocycles. The van der Waals surface area contributed by atoms with Crippen LogP contribution in [0.2, 0.25) is 0 Å². The van der Waals surface area contributed by atoms with E-state index in [2.05, 4.69) is 52.8 Å². The second-order valence-corrected chi connectivity index (χ2v) is 8.60. The predicted molar refractivity (Wildman–Crippen MR) is 123 cm³/mol. The van der Waals surface area contributed by atoms with Crippen molar-refractivity contribution in [2.24, 2.45) is 10.9 Å². The normalized spacial score (nSPS) is 16.7. The van der Waals surface area contributed by atoms with Gasteiger partial charge in [-0.1, -0.05) is 18.2 Å². The molecular weight excluding hydrogens is 396 g/mol. The van der Waals surface area contributed by atoms with Gasteiger partial charge >= 0.3 is 0 Å². The van der Waals surface area contributed by atoms with Crippen molar-refractivity contribution in [3.05, 3.63) is 54.0 Å². The smallest absolute Gasteiger partial charge is 0.287 e. The van der Waals surface area contributed by atoms with Crippen LogP contribution in [-0.2, 0) is 0 Å². The van der Waals surface area contributed by atoms with E-state index in [-0.39, 0.29) is 5.91 Å². The van der Waals surface area contributed by atoms with Crippen LogP contribution in [0.5, 0.6) is 0 Å². The van der Waals surface area contributed by atoms with E-state index in [1.165, 1.54) is 11.3 Å². The Morgan fingerprint density at radius 1 is 1.27 bits per heavy atom. The lowest BCUT2D eigenvalue weighted by atomic mass is 10.2. The number of nitrogens with zero attached hydrogens (tertiary/aromatic N) is 2. The molecule has 30 heavy (non-hydrogen) atoms. The minimum atomic E-state index is -0.160. The molecule has 6 nitrogen and oxygen atoms in total. The van der Waals surface area contributed by atoms with Gasteiger partial charge in [0.05, 0.1) is 6.26 Å². The van der Waals surface area contributed by atoms with E-state index in [0.29, 0.717) is 24.8 Å². The lowest BCUT2D eigenvalue weighted by molar-refractivity contribution is 0.0925. The fourth-order valence-corrected chi connectivity index (χ4v) is 4.52. The molecule has 2 N–H and O–H groups in total. The summed E-state index contributed by atoms with van der Waals surface area (Å²) >= 11 is 1.94. The van der Waals surface area contributed by atoms with Crippen molar-refractivity contribution >= 4 is 23.6 Å². The monoisotopic (exact) mass is 428 g/mol. The second-order valence-electron chi connectivity index (χ2n) is 7.50. The highest BCUT2D eigenvalue weighted by atomic mass is 32.2. The number of aliphatic imine (C=N–C) groups is 1. The van der Waals surface area contributed by atoms with E-state index in [4.69, 9.17) is 9.41 Å². The first-order valence-corrected chi connectivity index (χ1v) is 11.7. The number of carbonyl (C=O) groups is 1. The Morgan fingerprint density at radius 3 is 2.83 bits per heavy atom. The average molecular weight is 429 g/mol. The fourth-order valence-electron chi connectivity index (χ4n) is 3.47. The van der Waals surface area contributed by atoms with Crippen molar-refractivity contribution in [2.45, 2.75) is 31.6 Å². The van der Waals surface area contributed by atoms with Crippen molar-refractivity contribution in [1.29, 1.82) is 0 Å². The molecule has 3 rings (SSSR count). The van der Waals surface area contributed by atoms with Crippen molar-refractivity contribution in [3.63, 3.8) is 0 Å². The summed E-state index contributed by atoms with van der Waals surface area (Å²) in [5.74, 6) is 3.03. The van der Waals surface area contributed by atoms with Crippen LogP contribution in [0.4, 0.5) is 0 Å². The van der Waals surface area contributed by atoms with Crippen molar-refractivity contribution < 1.29 is 9.21 Å². The average Bonchev–Trinajstić information content (AvgIpc) is 3.41. The summed E-state index contributed by atoms with van der Waals surface area (Å²) in [4.78, 5) is 20.5. The van der Waals surface area contributed by atoms with Crippen LogP contribution in [0.15, 0.2) is 57.0 Å². The highest BCUT2D eigenvalue weighted by Gasteiger charge is 2.24. The lowest BCUT2D eigenvalue weighted by Gasteiger charge is -2.21. The first kappa shape index (κ1) is 22.3. The number of rotatable bonds is 9. The number of hydrogen-bond donors (Lipinski definition) is 2. The summed E-state index contributed by atoms with van der Waals surface area (Å²) < 4.78 is 5.22. The highest BCUT2D eigenvalue weighted by Crippen LogP contribution is 2.25. The number of nitrogens with one attached hydrogen (secondary N) is 2. The minimum Gasteiger partial charge on any atom is -0.459 e. The molecule has 1 unspecified atom stereocenters. The molecule has 1 amide bonds. The van der Waals surface area contributed by atoms with Gasteiger partial charge in [-0.05, 0) is 50.8 Å². The third kappa shape index (κ3) is 6.55. The van der Waals surface area contributed by atoms with Gasteiger partial charge in [-0.25, -0.2) is 0 Å². The maximum Gasteiger partial charge on any atom is 0.287 e. The number of thioether (sulfide) groups is 1. The maximum atomic E-state index is 12.1. The molecule has 1 aromatic heterocycles. The fraction of sp³-hybridized carbons (Fsp3) is 0.478. The zero-order valence-corrected chi connectivity index (χ0v) is 18.7. The molecule has 0 aliphatic carbocycles. The van der Waals surface area contributed by atoms with Crippen LogP contribution in [0.25, 0.3) is 0 Å². The van der Waals surface area contributed by atoms with E-state index in [1.807, 2.05) is 18.7 Å². The molecule has 1 aliphatic rings. The minimum absolute atomic E-state index is 0.160. The molecule has 2 aromatic rings. The summed E-state index contributed by atoms with van der Waals surface area (Å²) in [6, 6.07) is 12.4. The van der Waals surface area contributed by atoms with Gasteiger partial charge < -0.3 is 20.0 Å². The lowest BCUT2D eigenvalue weighted by Crippen LogP contribution is -2.40. The Kier molecular flexibility index (Phi) is 8.68. The molecule has 1 atom stereocenters. The molecule has 162 valence electrons. The maximum absolute atomic E-state index is 12.1. The van der Waals surface area contributed by atoms with E-state index >= 15 is 0 Å². The number of furan rings is 1. The van der Waals surface area contributed by atoms with Crippen molar-refractivity contribution in [3.8, 4) is 0 Å². The zero-order chi connectivity index (χ0) is 21.2. The first-order valence-electron chi connectivity index (χ1n) is 10.7. The van der Waals surface area contributed by atoms with E-state index in [9.17, 15) is 4.79 Å². The number of aryl methyl sites for hydroxylation is 1. The molecule has 1 fully saturated rings. The molecule has 2 heterocycles. The van der Waals surface area contributed by atoms with Gasteiger partial charge in [-0.2, -0.15) is 0 Å². The SMILES string of the molecule is CCNC(=NCCCNC(=O)c1occc1C)N1CCC(CSc2ccccc2)C1. The number of carbonyl (C=O) groups excluding carboxylic acids is 1. The third-order valence-corrected chi connectivity index (χ3v) is 6.34. The van der Waals surface area contributed by atoms with Gasteiger partial charge in [0.15, 0.2) is 11.7 Å². The number of amides is 1. The largest absolute Gasteiger partial charge is 0.459 e. The topological polar surface area (TPSA) is 69.9 Å². The predicted octanol–water partition coefficient (Wildman–Crippen LogP) is 3.79. The van der Waals surface area contributed by atoms with Gasteiger partial charge in [0, 0.05) is 48.9 Å². The van der Waals surface area contributed by atoms with Gasteiger partial charge in [0.25, 0.3) is 5.91 Å². The number of hydrogen-bond acceptors (Lipinski definition) is 4. The molecule has 1 aliphatic heterocycles. The van der Waals surface area contributed by atoms with E-state index in [1.54, 1.807) is 12.3 Å². The van der Waals surface area contributed by atoms with Crippen LogP contribution in [0.1, 0.15) is 35.9 Å². The molecule has 0 spiro atoms. The summed E-state index contributed by atoms with van der Waals surface area (Å²) in [7, 11) is 0. The Balaban J connectivity index is 1.40. The summed E-state index contributed by atoms with van der Waals surface area (Å²) in [6.07, 6.45) is 3.53. The number of likely N-dealkylation sites (tertiary alicyclic amines) is 1. The Bertz CT molecular complexity index is 822. The zero-order valence-electron chi connectivity index (χ0n) is 17.9. The van der Waals surface area contributed by atoms with Gasteiger partial charge in [-0.3, -0.25) is 9.79 Å². The van der Waals surface area contributed by atoms with Crippen LogP contribution in [0, 0.1) is 12.8 Å². The second kappa shape index (κ2) is 11.7. The Labute approximate surface area is 183 Å². The first-order chi connectivity index (χ1) is 14.7. The van der Waals surface area contributed by atoms with Crippen molar-refractivity contribution in [2.75, 3.05) is 38.5 Å². The van der Waals surface area contributed by atoms with E-state index in [0.717, 1.165) is 43.3 Å². The van der Waals surface area contributed by atoms with Gasteiger partial charge in [0.2, 0.25) is 0 Å². The van der Waals surface area contributed by atoms with Crippen LogP contribution in [0.3, 0.4) is 0 Å². The molecule has 0 saturated carbocycles. The Hall–Kier alpha value is -2.41. The molecule has 0 radical (unpaired) electrons. The summed E-state index contributed by atoms with van der Waals surface area (Å²) in [5.41, 5.74) is 0.856. The summed E-state index contributed by atoms with van der Waals surface area (Å²) in [6.45, 7) is 8.17. The van der Waals surface area contributed by atoms with Crippen molar-refractivity contribution in [1.82, 2.24) is 15.5 Å². The number of benzene rings is 1. The summed E-state index contributed by atoms with van der Waals surface area (Å²) in [5, 5.41) is 6.32. The highest BCUT2D eigenvalue weighted by molar-refractivity contribution is 7.99. The third-order valence-electron chi connectivity index (χ3n) is 5.10. The van der Waals surface area contributed by atoms with Crippen LogP contribution in [-0.4, -0.2) is 55.2 Å². The quantitative estimate of drug-likeness (QED) is 0.275. The molecule has 0 bridgehead atoms. The molecular formula is C23H32N4O2S. The van der Waals surface area contributed by atoms with Gasteiger partial charge in [-0.15, -0.1) is 11.8 Å². The van der Waals surface area contributed by atoms with Crippen LogP contribution < -0.4 is 10.6 Å². The van der Waals surface area contributed by atoms with E-state index < -0.39 is 0 Å². The standard InChI is InChI=1S/C23H32N4O2S/c1-3-24-23(26-13-7-12-25-22(28)21-18(2)11-15-29-21)27-14-10-19(16-27)17-30-20-8-5-4-6-9-20/h4-6,8-9,11,15,19H,3,7,10,12-14,16-17H2,1-2H3,(H,24,26)(H,25,28). The molecule has 1 saturated heterocycles. The van der Waals surface area contributed by atoms with Crippen LogP contribution >= 0.6 is 11.8 Å². The number of guanidine groups is 1. The Morgan fingerprint density at radius 2 is 2.10 bits per heavy atom.